The van der Waals surface area contributed by atoms with Gasteiger partial charge in [0.2, 0.25) is 0 Å². The summed E-state index contributed by atoms with van der Waals surface area (Å²) in [4.78, 5) is 11.5. The molecule has 0 saturated heterocycles. The van der Waals surface area contributed by atoms with E-state index < -0.39 is 36.0 Å². The lowest BCUT2D eigenvalue weighted by Crippen LogP contribution is -2.19. The van der Waals surface area contributed by atoms with Gasteiger partial charge in [0.05, 0.1) is 6.61 Å². The average molecular weight is 300 g/mol. The second-order valence-electron chi connectivity index (χ2n) is 3.30. The second kappa shape index (κ2) is 6.40. The van der Waals surface area contributed by atoms with Crippen LogP contribution in [0.3, 0.4) is 0 Å². The SMILES string of the molecule is CCOC(=O)c1cc(OC(F)F)ccc1OC(F)(F)F. The van der Waals surface area contributed by atoms with Crippen molar-refractivity contribution in [2.24, 2.45) is 0 Å². The predicted octanol–water partition coefficient (Wildman–Crippen LogP) is 3.36. The van der Waals surface area contributed by atoms with Crippen molar-refractivity contribution < 1.29 is 41.0 Å². The summed E-state index contributed by atoms with van der Waals surface area (Å²) in [5, 5.41) is 0. The lowest BCUT2D eigenvalue weighted by Gasteiger charge is -2.14. The Hall–Kier alpha value is -2.06. The Balaban J connectivity index is 3.12. The number of carbonyl (C=O) groups is 1. The van der Waals surface area contributed by atoms with Gasteiger partial charge in [-0.1, -0.05) is 0 Å². The summed E-state index contributed by atoms with van der Waals surface area (Å²) < 4.78 is 72.6. The van der Waals surface area contributed by atoms with Crippen LogP contribution in [0.15, 0.2) is 18.2 Å². The molecule has 0 unspecified atom stereocenters. The zero-order valence-electron chi connectivity index (χ0n) is 10.0. The van der Waals surface area contributed by atoms with Gasteiger partial charge in [-0.15, -0.1) is 13.2 Å². The maximum atomic E-state index is 12.2. The van der Waals surface area contributed by atoms with Gasteiger partial charge in [0.1, 0.15) is 17.1 Å². The van der Waals surface area contributed by atoms with E-state index in [4.69, 9.17) is 0 Å². The maximum Gasteiger partial charge on any atom is 0.573 e. The van der Waals surface area contributed by atoms with Crippen molar-refractivity contribution in [3.63, 3.8) is 0 Å². The van der Waals surface area contributed by atoms with E-state index >= 15 is 0 Å². The largest absolute Gasteiger partial charge is 0.573 e. The van der Waals surface area contributed by atoms with Crippen LogP contribution in [0.5, 0.6) is 11.5 Å². The van der Waals surface area contributed by atoms with Crippen LogP contribution in [0.2, 0.25) is 0 Å². The first-order valence-corrected chi connectivity index (χ1v) is 5.24. The fraction of sp³-hybridized carbons (Fsp3) is 0.364. The molecule has 0 saturated carbocycles. The molecule has 0 aromatic heterocycles. The predicted molar refractivity (Wildman–Crippen MR) is 55.7 cm³/mol. The fourth-order valence-electron chi connectivity index (χ4n) is 1.27. The van der Waals surface area contributed by atoms with Crippen molar-refractivity contribution in [1.82, 2.24) is 0 Å². The van der Waals surface area contributed by atoms with Gasteiger partial charge >= 0.3 is 18.9 Å². The van der Waals surface area contributed by atoms with E-state index in [9.17, 15) is 26.7 Å². The van der Waals surface area contributed by atoms with Crippen molar-refractivity contribution >= 4 is 5.97 Å². The van der Waals surface area contributed by atoms with E-state index in [2.05, 4.69) is 14.2 Å². The third-order valence-corrected chi connectivity index (χ3v) is 1.90. The molecule has 1 aromatic rings. The van der Waals surface area contributed by atoms with Gasteiger partial charge in [0, 0.05) is 0 Å². The van der Waals surface area contributed by atoms with E-state index in [0.717, 1.165) is 6.07 Å². The molecule has 0 fully saturated rings. The molecule has 0 amide bonds. The van der Waals surface area contributed by atoms with Gasteiger partial charge in [-0.05, 0) is 25.1 Å². The lowest BCUT2D eigenvalue weighted by molar-refractivity contribution is -0.274. The number of carbonyl (C=O) groups excluding carboxylic acids is 1. The van der Waals surface area contributed by atoms with E-state index in [-0.39, 0.29) is 6.61 Å². The molecule has 20 heavy (non-hydrogen) atoms. The molecular weight excluding hydrogens is 291 g/mol. The molecule has 1 rings (SSSR count). The molecule has 1 aromatic carbocycles. The minimum Gasteiger partial charge on any atom is -0.462 e. The molecule has 0 aliphatic carbocycles. The number of rotatable bonds is 5. The standard InChI is InChI=1S/C11H9F5O4/c1-2-18-9(17)7-5-6(19-10(12)13)3-4-8(7)20-11(14,15)16/h3-5,10H,2H2,1H3. The maximum absolute atomic E-state index is 12.2. The molecule has 0 bridgehead atoms. The molecule has 0 heterocycles. The molecule has 0 atom stereocenters. The lowest BCUT2D eigenvalue weighted by atomic mass is 10.2. The minimum atomic E-state index is -5.04. The summed E-state index contributed by atoms with van der Waals surface area (Å²) in [6, 6.07) is 2.19. The van der Waals surface area contributed by atoms with Crippen LogP contribution in [-0.4, -0.2) is 25.6 Å². The minimum absolute atomic E-state index is 0.107. The number of hydrogen-bond acceptors (Lipinski definition) is 4. The quantitative estimate of drug-likeness (QED) is 0.618. The van der Waals surface area contributed by atoms with Gasteiger partial charge < -0.3 is 14.2 Å². The zero-order chi connectivity index (χ0) is 15.3. The van der Waals surface area contributed by atoms with Crippen molar-refractivity contribution in [3.05, 3.63) is 23.8 Å². The highest BCUT2D eigenvalue weighted by Crippen LogP contribution is 2.30. The smallest absolute Gasteiger partial charge is 0.462 e. The van der Waals surface area contributed by atoms with Crippen molar-refractivity contribution in [2.45, 2.75) is 19.9 Å². The van der Waals surface area contributed by atoms with Crippen molar-refractivity contribution in [3.8, 4) is 11.5 Å². The van der Waals surface area contributed by atoms with Crippen LogP contribution >= 0.6 is 0 Å². The van der Waals surface area contributed by atoms with E-state index in [1.807, 2.05) is 0 Å². The van der Waals surface area contributed by atoms with Crippen LogP contribution < -0.4 is 9.47 Å². The van der Waals surface area contributed by atoms with Gasteiger partial charge in [0.15, 0.2) is 0 Å². The molecule has 0 spiro atoms. The number of ether oxygens (including phenoxy) is 3. The van der Waals surface area contributed by atoms with E-state index in [0.29, 0.717) is 12.1 Å². The molecule has 4 nitrogen and oxygen atoms in total. The first-order valence-electron chi connectivity index (χ1n) is 5.24. The molecule has 112 valence electrons. The monoisotopic (exact) mass is 300 g/mol. The van der Waals surface area contributed by atoms with Crippen LogP contribution in [0.1, 0.15) is 17.3 Å². The van der Waals surface area contributed by atoms with Gasteiger partial charge in [-0.25, -0.2) is 4.79 Å². The van der Waals surface area contributed by atoms with Crippen molar-refractivity contribution in [2.75, 3.05) is 6.61 Å². The highest BCUT2D eigenvalue weighted by Gasteiger charge is 2.33. The number of hydrogen-bond donors (Lipinski definition) is 0. The van der Waals surface area contributed by atoms with Gasteiger partial charge in [-0.2, -0.15) is 8.78 Å². The normalized spacial score (nSPS) is 11.3. The summed E-state index contributed by atoms with van der Waals surface area (Å²) >= 11 is 0. The highest BCUT2D eigenvalue weighted by atomic mass is 19.4. The van der Waals surface area contributed by atoms with Gasteiger partial charge in [-0.3, -0.25) is 0 Å². The summed E-state index contributed by atoms with van der Waals surface area (Å²) in [5.41, 5.74) is -0.665. The number of halogens is 5. The summed E-state index contributed by atoms with van der Waals surface area (Å²) in [5.74, 6) is -2.50. The molecule has 0 aliphatic rings. The first kappa shape index (κ1) is 16.0. The highest BCUT2D eigenvalue weighted by molar-refractivity contribution is 5.93. The Morgan fingerprint density at radius 3 is 2.45 bits per heavy atom. The molecular formula is C11H9F5O4. The molecule has 0 radical (unpaired) electrons. The Morgan fingerprint density at radius 2 is 1.95 bits per heavy atom. The molecule has 0 aliphatic heterocycles. The average Bonchev–Trinajstić information content (AvgIpc) is 2.28. The van der Waals surface area contributed by atoms with Gasteiger partial charge in [0.25, 0.3) is 0 Å². The summed E-state index contributed by atoms with van der Waals surface area (Å²) in [6.07, 6.45) is -5.04. The van der Waals surface area contributed by atoms with Crippen LogP contribution in [-0.2, 0) is 4.74 Å². The van der Waals surface area contributed by atoms with Crippen molar-refractivity contribution in [1.29, 1.82) is 0 Å². The number of esters is 1. The molecule has 9 heteroatoms. The summed E-state index contributed by atoms with van der Waals surface area (Å²) in [6.45, 7) is -1.86. The van der Waals surface area contributed by atoms with Crippen LogP contribution in [0, 0.1) is 0 Å². The Labute approximate surface area is 110 Å². The van der Waals surface area contributed by atoms with Crippen LogP contribution in [0.4, 0.5) is 22.0 Å². The second-order valence-corrected chi connectivity index (χ2v) is 3.30. The Morgan fingerprint density at radius 1 is 1.30 bits per heavy atom. The number of benzene rings is 1. The first-order chi connectivity index (χ1) is 9.23. The third-order valence-electron chi connectivity index (χ3n) is 1.90. The molecule has 0 N–H and O–H groups in total. The summed E-state index contributed by atoms with van der Waals surface area (Å²) in [7, 11) is 0. The third kappa shape index (κ3) is 4.90. The topological polar surface area (TPSA) is 44.8 Å². The zero-order valence-corrected chi connectivity index (χ0v) is 10.0. The fourth-order valence-corrected chi connectivity index (χ4v) is 1.27. The van der Waals surface area contributed by atoms with E-state index in [1.165, 1.54) is 6.92 Å². The van der Waals surface area contributed by atoms with E-state index in [1.54, 1.807) is 0 Å². The number of alkyl halides is 5. The Kier molecular flexibility index (Phi) is 5.12. The van der Waals surface area contributed by atoms with Crippen LogP contribution in [0.25, 0.3) is 0 Å². The Bertz CT molecular complexity index is 472.